The van der Waals surface area contributed by atoms with Crippen LogP contribution in [0.4, 0.5) is 0 Å². The van der Waals surface area contributed by atoms with Crippen molar-refractivity contribution < 1.29 is 0 Å². The molecule has 0 atom stereocenters. The first-order chi connectivity index (χ1) is 45.6. The van der Waals surface area contributed by atoms with Crippen molar-refractivity contribution in [2.75, 3.05) is 47.3 Å². The number of nitrogens with two attached hydrogens (primary N) is 1. The van der Waals surface area contributed by atoms with Gasteiger partial charge in [0.15, 0.2) is 0 Å². The van der Waals surface area contributed by atoms with Crippen LogP contribution in [-0.2, 0) is 0 Å². The van der Waals surface area contributed by atoms with E-state index in [1.165, 1.54) is 534 Å². The molecule has 0 aliphatic heterocycles. The van der Waals surface area contributed by atoms with E-state index in [4.69, 9.17) is 0 Å². The number of hydrogen-bond donors (Lipinski definition) is 1. The highest BCUT2D eigenvalue weighted by molar-refractivity contribution is 4.60. The molecule has 0 rings (SSSR count). The van der Waals surface area contributed by atoms with Gasteiger partial charge in [-0.2, -0.15) is 0 Å². The Kier molecular flexibility index (Phi) is 99.3. The molecule has 0 radical (unpaired) electrons. The minimum Gasteiger partial charge on any atom is -0.333 e. The van der Waals surface area contributed by atoms with Gasteiger partial charge in [-0.05, 0) is 73.0 Å². The molecule has 0 aliphatic rings. The maximum atomic E-state index is 4.50. The van der Waals surface area contributed by atoms with Crippen molar-refractivity contribution in [1.29, 1.82) is 0 Å². The van der Waals surface area contributed by atoms with E-state index in [1.807, 2.05) is 0 Å². The van der Waals surface area contributed by atoms with E-state index in [1.54, 1.807) is 0 Å². The zero-order valence-corrected chi connectivity index (χ0v) is 66.5. The third-order valence-electron chi connectivity index (χ3n) is 21.1. The minimum atomic E-state index is 1.32. The monoisotopic (exact) mass is 1300 g/mol. The molecule has 0 bridgehead atoms. The molecule has 0 amide bonds. The molecule has 558 valence electrons. The van der Waals surface area contributed by atoms with Crippen LogP contribution < -0.4 is 5.73 Å². The van der Waals surface area contributed by atoms with Crippen molar-refractivity contribution in [3.05, 3.63) is 0 Å². The van der Waals surface area contributed by atoms with Gasteiger partial charge in [-0.1, -0.05) is 503 Å². The fourth-order valence-electron chi connectivity index (χ4n) is 14.4. The van der Waals surface area contributed by atoms with Crippen molar-refractivity contribution in [2.45, 2.75) is 529 Å². The van der Waals surface area contributed by atoms with E-state index in [9.17, 15) is 0 Å². The molecule has 0 fully saturated rings. The average molecular weight is 1300 g/mol. The van der Waals surface area contributed by atoms with Crippen LogP contribution in [0, 0.1) is 0 Å². The first-order valence-corrected chi connectivity index (χ1v) is 44.6. The second-order valence-corrected chi connectivity index (χ2v) is 30.8. The molecule has 0 heterocycles. The summed E-state index contributed by atoms with van der Waals surface area (Å²) in [5.74, 6) is 0. The van der Waals surface area contributed by atoms with Gasteiger partial charge >= 0.3 is 0 Å². The summed E-state index contributed by atoms with van der Waals surface area (Å²) in [4.78, 5) is 5.20. The Balaban J connectivity index is -0.00000168. The third-order valence-corrected chi connectivity index (χ3v) is 21.1. The van der Waals surface area contributed by atoms with Gasteiger partial charge in [-0.3, -0.25) is 0 Å². The van der Waals surface area contributed by atoms with Crippen molar-refractivity contribution >= 4 is 0 Å². The molecule has 92 heavy (non-hydrogen) atoms. The highest BCUT2D eigenvalue weighted by atomic mass is 15.1. The first-order valence-electron chi connectivity index (χ1n) is 44.6. The molecule has 3 heteroatoms. The Morgan fingerprint density at radius 2 is 0.185 bits per heavy atom. The lowest BCUT2D eigenvalue weighted by Crippen LogP contribution is -2.20. The lowest BCUT2D eigenvalue weighted by molar-refractivity contribution is 0.314. The Bertz CT molecular complexity index is 1110. The summed E-state index contributed by atoms with van der Waals surface area (Å²) in [7, 11) is 6.20. The molecular formula is C89H187N3. The van der Waals surface area contributed by atoms with Crippen LogP contribution in [0.5, 0.6) is 0 Å². The number of nitrogens with zero attached hydrogens (tertiary/aromatic N) is 2. The van der Waals surface area contributed by atoms with Gasteiger partial charge < -0.3 is 15.5 Å². The van der Waals surface area contributed by atoms with Gasteiger partial charge in [0.05, 0.1) is 0 Å². The summed E-state index contributed by atoms with van der Waals surface area (Å²) in [5.41, 5.74) is 4.50. The molecule has 2 N–H and O–H groups in total. The predicted molar refractivity (Wildman–Crippen MR) is 428 cm³/mol. The quantitative estimate of drug-likeness (QED) is 0.0616. The summed E-state index contributed by atoms with van der Waals surface area (Å²) in [5, 5.41) is 0. The lowest BCUT2D eigenvalue weighted by atomic mass is 10.0. The van der Waals surface area contributed by atoms with E-state index < -0.39 is 0 Å². The van der Waals surface area contributed by atoms with Crippen LogP contribution in [0.3, 0.4) is 0 Å². The van der Waals surface area contributed by atoms with Crippen LogP contribution in [0.25, 0.3) is 0 Å². The van der Waals surface area contributed by atoms with Crippen LogP contribution in [0.2, 0.25) is 0 Å². The number of hydrogen-bond acceptors (Lipinski definition) is 3. The molecule has 0 aromatic heterocycles. The molecule has 3 nitrogen and oxygen atoms in total. The number of rotatable bonds is 82. The van der Waals surface area contributed by atoms with Crippen molar-refractivity contribution in [3.63, 3.8) is 0 Å². The summed E-state index contributed by atoms with van der Waals surface area (Å²) >= 11 is 0. The predicted octanol–water partition coefficient (Wildman–Crippen LogP) is 31.9. The zero-order chi connectivity index (χ0) is 67.1. The Labute approximate surface area is 588 Å². The van der Waals surface area contributed by atoms with Gasteiger partial charge in [0.25, 0.3) is 0 Å². The average Bonchev–Trinajstić information content (AvgIpc) is 3.59. The molecule has 0 saturated heterocycles. The minimum absolute atomic E-state index is 1.32. The maximum Gasteiger partial charge on any atom is -0.00218 e. The zero-order valence-electron chi connectivity index (χ0n) is 66.5. The molecule has 0 spiro atoms. The molecule has 0 aliphatic carbocycles. The summed E-state index contributed by atoms with van der Waals surface area (Å²) in [6, 6.07) is 0. The van der Waals surface area contributed by atoms with E-state index in [2.05, 4.69) is 57.3 Å². The van der Waals surface area contributed by atoms with Gasteiger partial charge in [-0.25, -0.2) is 0 Å². The highest BCUT2D eigenvalue weighted by Crippen LogP contribution is 2.21. The molecule has 0 saturated carbocycles. The lowest BCUT2D eigenvalue weighted by Gasteiger charge is -2.16. The van der Waals surface area contributed by atoms with Crippen molar-refractivity contribution in [3.8, 4) is 0 Å². The Morgan fingerprint density at radius 1 is 0.120 bits per heavy atom. The van der Waals surface area contributed by atoms with E-state index >= 15 is 0 Å². The smallest absolute Gasteiger partial charge is 0.00218 e. The molecule has 0 unspecified atom stereocenters. The standard InChI is InChI=1S/C45H93N.C43H89N.CH5N/c1-4-6-8-10-12-14-16-18-20-22-24-26-28-30-32-34-36-38-40-42-44-46(3)45-43-41-39-37-35-33-31-29-27-25-23-21-19-17-15-13-11-9-7-5-2;1-4-6-8-10-12-14-16-18-20-22-24-25-27-29-31-33-35-37-39-41-43-44(3)42-40-38-36-34-32-30-28-26-23-21-19-17-15-13-11-9-7-5-2;1-2/h4-45H2,1-3H3;4-43H2,1-3H3;2H2,1H3. The van der Waals surface area contributed by atoms with Crippen LogP contribution in [0.15, 0.2) is 0 Å². The number of unbranched alkanes of at least 4 members (excludes halogenated alkanes) is 74. The Hall–Kier alpha value is -0.120. The maximum absolute atomic E-state index is 4.50. The Morgan fingerprint density at radius 3 is 0.261 bits per heavy atom. The second kappa shape index (κ2) is 95.1. The third kappa shape index (κ3) is 96.3. The highest BCUT2D eigenvalue weighted by Gasteiger charge is 2.04. The summed E-state index contributed by atoms with van der Waals surface area (Å²) < 4.78 is 0. The second-order valence-electron chi connectivity index (χ2n) is 30.8. The van der Waals surface area contributed by atoms with E-state index in [0.717, 1.165) is 0 Å². The largest absolute Gasteiger partial charge is 0.333 e. The van der Waals surface area contributed by atoms with Gasteiger partial charge in [0.2, 0.25) is 0 Å². The van der Waals surface area contributed by atoms with Crippen molar-refractivity contribution in [2.24, 2.45) is 5.73 Å². The molecular weight excluding hydrogens is 1110 g/mol. The SMILES string of the molecule is CCCCCCCCCCCCCCCCCCCCCCN(C)CCCCCCCCCCCCCCCCCCCC.CCCCCCCCCCCCCCCCCCCCCCN(C)CCCCCCCCCCCCCCCCCCCCCC.CN. The molecule has 0 aromatic rings. The molecule has 0 aromatic carbocycles. The summed E-state index contributed by atoms with van der Waals surface area (Å²) in [6.45, 7) is 14.5. The van der Waals surface area contributed by atoms with Gasteiger partial charge in [0.1, 0.15) is 0 Å². The topological polar surface area (TPSA) is 32.5 Å². The normalized spacial score (nSPS) is 11.5. The van der Waals surface area contributed by atoms with Crippen LogP contribution in [0.1, 0.15) is 529 Å². The van der Waals surface area contributed by atoms with Crippen molar-refractivity contribution in [1.82, 2.24) is 9.80 Å². The van der Waals surface area contributed by atoms with Gasteiger partial charge in [0, 0.05) is 0 Å². The van der Waals surface area contributed by atoms with Crippen LogP contribution in [-0.4, -0.2) is 57.1 Å². The van der Waals surface area contributed by atoms with Crippen LogP contribution >= 0.6 is 0 Å². The van der Waals surface area contributed by atoms with E-state index in [-0.39, 0.29) is 0 Å². The first kappa shape index (κ1) is 96.1. The fraction of sp³-hybridized carbons (Fsp3) is 1.00. The summed E-state index contributed by atoms with van der Waals surface area (Å²) in [6.07, 6.45) is 115. The fourth-order valence-corrected chi connectivity index (χ4v) is 14.4. The van der Waals surface area contributed by atoms with E-state index in [0.29, 0.717) is 0 Å². The van der Waals surface area contributed by atoms with Gasteiger partial charge in [-0.15, -0.1) is 0 Å².